The first kappa shape index (κ1) is 13.8. The molecule has 0 saturated heterocycles. The molecule has 3 rings (SSSR count). The number of nitrogens with zero attached hydrogens (tertiary/aromatic N) is 1. The van der Waals surface area contributed by atoms with Gasteiger partial charge in [0.25, 0.3) is 10.0 Å². The molecule has 1 saturated carbocycles. The third kappa shape index (κ3) is 2.67. The maximum atomic E-state index is 12.7. The maximum absolute atomic E-state index is 12.7. The van der Waals surface area contributed by atoms with E-state index >= 15 is 0 Å². The molecule has 20 heavy (non-hydrogen) atoms. The molecular formula is C13H16N2O3S2. The van der Waals surface area contributed by atoms with Gasteiger partial charge < -0.3 is 10.2 Å². The Bertz CT molecular complexity index is 672. The molecule has 0 spiro atoms. The van der Waals surface area contributed by atoms with E-state index in [-0.39, 0.29) is 17.7 Å². The molecule has 2 aromatic rings. The lowest BCUT2D eigenvalue weighted by Crippen LogP contribution is -2.32. The summed E-state index contributed by atoms with van der Waals surface area (Å²) < 4.78 is 32.2. The van der Waals surface area contributed by atoms with E-state index in [4.69, 9.17) is 10.2 Å². The van der Waals surface area contributed by atoms with E-state index in [2.05, 4.69) is 0 Å². The summed E-state index contributed by atoms with van der Waals surface area (Å²) in [6, 6.07) is 5.14. The summed E-state index contributed by atoms with van der Waals surface area (Å²) >= 11 is 1.57. The fourth-order valence-corrected chi connectivity index (χ4v) is 4.32. The van der Waals surface area contributed by atoms with E-state index < -0.39 is 10.0 Å². The van der Waals surface area contributed by atoms with Crippen LogP contribution in [0, 0.1) is 0 Å². The van der Waals surface area contributed by atoms with Gasteiger partial charge in [-0.3, -0.25) is 0 Å². The summed E-state index contributed by atoms with van der Waals surface area (Å²) in [7, 11) is -3.59. The van der Waals surface area contributed by atoms with Crippen LogP contribution in [0.15, 0.2) is 38.5 Å². The van der Waals surface area contributed by atoms with Crippen molar-refractivity contribution >= 4 is 21.4 Å². The first-order valence-corrected chi connectivity index (χ1v) is 8.81. The molecule has 5 nitrogen and oxygen atoms in total. The van der Waals surface area contributed by atoms with Crippen LogP contribution in [-0.2, 0) is 23.1 Å². The highest BCUT2D eigenvalue weighted by Crippen LogP contribution is 2.34. The van der Waals surface area contributed by atoms with E-state index in [9.17, 15) is 8.42 Å². The fourth-order valence-electron chi connectivity index (χ4n) is 2.06. The lowest BCUT2D eigenvalue weighted by atomic mass is 10.3. The molecule has 1 fully saturated rings. The quantitative estimate of drug-likeness (QED) is 0.886. The average molecular weight is 312 g/mol. The van der Waals surface area contributed by atoms with E-state index in [1.807, 2.05) is 16.8 Å². The number of sulfonamides is 1. The molecule has 2 aromatic heterocycles. The number of thiophene rings is 1. The van der Waals surface area contributed by atoms with Gasteiger partial charge in [-0.1, -0.05) is 0 Å². The molecule has 0 atom stereocenters. The second kappa shape index (κ2) is 5.33. The zero-order valence-corrected chi connectivity index (χ0v) is 12.5. The van der Waals surface area contributed by atoms with Gasteiger partial charge >= 0.3 is 0 Å². The highest BCUT2D eigenvalue weighted by molar-refractivity contribution is 7.89. The molecule has 1 aliphatic carbocycles. The Hall–Kier alpha value is -1.15. The molecule has 0 amide bonds. The molecule has 0 aromatic carbocycles. The zero-order valence-electron chi connectivity index (χ0n) is 10.9. The number of furan rings is 1. The number of hydrogen-bond acceptors (Lipinski definition) is 5. The molecule has 0 bridgehead atoms. The number of hydrogen-bond donors (Lipinski definition) is 1. The van der Waals surface area contributed by atoms with Crippen LogP contribution >= 0.6 is 11.3 Å². The van der Waals surface area contributed by atoms with Crippen molar-refractivity contribution in [2.24, 2.45) is 5.73 Å². The Morgan fingerprint density at radius 1 is 1.35 bits per heavy atom. The molecule has 2 N–H and O–H groups in total. The largest absolute Gasteiger partial charge is 0.447 e. The van der Waals surface area contributed by atoms with Gasteiger partial charge in [-0.05, 0) is 47.4 Å². The molecule has 2 heterocycles. The molecular weight excluding hydrogens is 296 g/mol. The minimum atomic E-state index is -3.59. The second-order valence-electron chi connectivity index (χ2n) is 4.84. The smallest absolute Gasteiger partial charge is 0.277 e. The van der Waals surface area contributed by atoms with E-state index in [0.29, 0.717) is 12.3 Å². The Morgan fingerprint density at radius 3 is 2.70 bits per heavy atom. The Labute approximate surface area is 122 Å². The monoisotopic (exact) mass is 312 g/mol. The van der Waals surface area contributed by atoms with Crippen molar-refractivity contribution in [1.29, 1.82) is 0 Å². The summed E-state index contributed by atoms with van der Waals surface area (Å²) in [5.74, 6) is 0.481. The highest BCUT2D eigenvalue weighted by Gasteiger charge is 2.39. The van der Waals surface area contributed by atoms with Gasteiger partial charge in [0, 0.05) is 12.6 Å². The van der Waals surface area contributed by atoms with Gasteiger partial charge in [0.1, 0.15) is 5.76 Å². The summed E-state index contributed by atoms with van der Waals surface area (Å²) in [5.41, 5.74) is 6.47. The highest BCUT2D eigenvalue weighted by atomic mass is 32.2. The van der Waals surface area contributed by atoms with Crippen molar-refractivity contribution in [2.45, 2.75) is 37.1 Å². The average Bonchev–Trinajstić information content (AvgIpc) is 2.96. The van der Waals surface area contributed by atoms with Crippen LogP contribution in [0.25, 0.3) is 0 Å². The van der Waals surface area contributed by atoms with E-state index in [0.717, 1.165) is 18.4 Å². The Morgan fingerprint density at radius 2 is 2.15 bits per heavy atom. The molecule has 0 radical (unpaired) electrons. The topological polar surface area (TPSA) is 76.5 Å². The lowest BCUT2D eigenvalue weighted by molar-refractivity contribution is 0.359. The van der Waals surface area contributed by atoms with E-state index in [1.165, 1.54) is 10.4 Å². The Kier molecular flexibility index (Phi) is 3.68. The van der Waals surface area contributed by atoms with Crippen LogP contribution in [0.2, 0.25) is 0 Å². The van der Waals surface area contributed by atoms with Gasteiger partial charge in [0.2, 0.25) is 5.09 Å². The summed E-state index contributed by atoms with van der Waals surface area (Å²) in [4.78, 5) is 0. The van der Waals surface area contributed by atoms with E-state index in [1.54, 1.807) is 17.4 Å². The third-order valence-electron chi connectivity index (χ3n) is 3.27. The van der Waals surface area contributed by atoms with Gasteiger partial charge in [-0.15, -0.1) is 0 Å². The molecule has 7 heteroatoms. The van der Waals surface area contributed by atoms with Gasteiger partial charge in [-0.2, -0.15) is 15.6 Å². The van der Waals surface area contributed by atoms with Crippen LogP contribution in [0.1, 0.15) is 24.2 Å². The first-order chi connectivity index (χ1) is 9.61. The van der Waals surface area contributed by atoms with Crippen molar-refractivity contribution in [3.05, 3.63) is 40.3 Å². The summed E-state index contributed by atoms with van der Waals surface area (Å²) in [5, 5.41) is 3.91. The molecule has 1 aliphatic rings. The van der Waals surface area contributed by atoms with Crippen LogP contribution in [-0.4, -0.2) is 18.8 Å². The summed E-state index contributed by atoms with van der Waals surface area (Å²) in [6.45, 7) is 0.596. The van der Waals surface area contributed by atoms with Crippen LogP contribution in [0.5, 0.6) is 0 Å². The normalized spacial score (nSPS) is 15.9. The predicted molar refractivity (Wildman–Crippen MR) is 76.7 cm³/mol. The number of rotatable bonds is 6. The minimum absolute atomic E-state index is 0.0138. The SMILES string of the molecule is NCc1ccc(S(=O)(=O)N(Cc2ccsc2)C2CC2)o1. The fraction of sp³-hybridized carbons (Fsp3) is 0.385. The molecule has 0 aliphatic heterocycles. The van der Waals surface area contributed by atoms with Crippen molar-refractivity contribution < 1.29 is 12.8 Å². The summed E-state index contributed by atoms with van der Waals surface area (Å²) in [6.07, 6.45) is 1.82. The predicted octanol–water partition coefficient (Wildman–Crippen LogP) is 2.15. The van der Waals surface area contributed by atoms with Crippen LogP contribution < -0.4 is 5.73 Å². The van der Waals surface area contributed by atoms with Gasteiger partial charge in [0.05, 0.1) is 6.54 Å². The standard InChI is InChI=1S/C13H16N2O3S2/c14-7-12-3-4-13(18-12)20(16,17)15(11-1-2-11)8-10-5-6-19-9-10/h3-6,9,11H,1-2,7-8,14H2. The lowest BCUT2D eigenvalue weighted by Gasteiger charge is -2.19. The minimum Gasteiger partial charge on any atom is -0.447 e. The van der Waals surface area contributed by atoms with Crippen molar-refractivity contribution in [1.82, 2.24) is 4.31 Å². The molecule has 108 valence electrons. The van der Waals surface area contributed by atoms with Gasteiger partial charge in [-0.25, -0.2) is 8.42 Å². The third-order valence-corrected chi connectivity index (χ3v) is 5.78. The van der Waals surface area contributed by atoms with Crippen molar-refractivity contribution in [3.8, 4) is 0 Å². The van der Waals surface area contributed by atoms with Crippen LogP contribution in [0.4, 0.5) is 0 Å². The van der Waals surface area contributed by atoms with Crippen molar-refractivity contribution in [2.75, 3.05) is 0 Å². The maximum Gasteiger partial charge on any atom is 0.277 e. The van der Waals surface area contributed by atoms with Gasteiger partial charge in [0.15, 0.2) is 0 Å². The Balaban J connectivity index is 1.89. The zero-order chi connectivity index (χ0) is 14.2. The van der Waals surface area contributed by atoms with Crippen LogP contribution in [0.3, 0.4) is 0 Å². The number of nitrogens with two attached hydrogens (primary N) is 1. The first-order valence-electron chi connectivity index (χ1n) is 6.43. The van der Waals surface area contributed by atoms with Crippen molar-refractivity contribution in [3.63, 3.8) is 0 Å². The molecule has 0 unspecified atom stereocenters. The second-order valence-corrected chi connectivity index (χ2v) is 7.44.